The number of para-hydroxylation sites is 1. The zero-order chi connectivity index (χ0) is 20.1. The number of nitrogens with zero attached hydrogens (tertiary/aromatic N) is 5. The largest absolute Gasteiger partial charge is 0.297 e. The molecule has 29 heavy (non-hydrogen) atoms. The first-order valence-corrected chi connectivity index (χ1v) is 10.9. The zero-order valence-electron chi connectivity index (χ0n) is 16.0. The van der Waals surface area contributed by atoms with Crippen LogP contribution in [0.5, 0.6) is 0 Å². The van der Waals surface area contributed by atoms with Gasteiger partial charge in [-0.05, 0) is 55.8 Å². The lowest BCUT2D eigenvalue weighted by atomic mass is 9.92. The first-order valence-electron chi connectivity index (χ1n) is 9.69. The smallest absolute Gasteiger partial charge is 0.201 e. The minimum absolute atomic E-state index is 0.310. The molecule has 0 atom stereocenters. The molecule has 9 heteroatoms. The molecule has 1 aliphatic heterocycles. The van der Waals surface area contributed by atoms with Crippen LogP contribution < -0.4 is 4.72 Å². The summed E-state index contributed by atoms with van der Waals surface area (Å²) in [5.74, 6) is 0.396. The molecule has 3 heterocycles. The van der Waals surface area contributed by atoms with Gasteiger partial charge in [-0.25, -0.2) is 17.8 Å². The topological polar surface area (TPSA) is 93.0 Å². The van der Waals surface area contributed by atoms with E-state index >= 15 is 0 Å². The summed E-state index contributed by atoms with van der Waals surface area (Å²) >= 11 is 0. The number of hydrogen-bond donors (Lipinski definition) is 2. The molecule has 0 spiro atoms. The molecule has 1 aliphatic rings. The Labute approximate surface area is 171 Å². The monoisotopic (exact) mass is 412 g/mol. The summed E-state index contributed by atoms with van der Waals surface area (Å²) in [6.07, 6.45) is 5.79. The van der Waals surface area contributed by atoms with Crippen molar-refractivity contribution in [3.8, 4) is 5.69 Å². The van der Waals surface area contributed by atoms with Crippen LogP contribution in [0.3, 0.4) is 0 Å². The van der Waals surface area contributed by atoms with E-state index in [0.717, 1.165) is 55.1 Å². The van der Waals surface area contributed by atoms with Crippen LogP contribution in [0.25, 0.3) is 5.69 Å². The molecular formula is C20H24N6O2S. The first-order chi connectivity index (χ1) is 14.2. The molecule has 1 aromatic carbocycles. The summed E-state index contributed by atoms with van der Waals surface area (Å²) in [5.41, 5.74) is 3.95. The molecule has 1 saturated heterocycles. The Bertz CT molecular complexity index is 1000. The van der Waals surface area contributed by atoms with Crippen molar-refractivity contribution in [1.29, 1.82) is 0 Å². The lowest BCUT2D eigenvalue weighted by molar-refractivity contribution is 0.201. The van der Waals surface area contributed by atoms with Gasteiger partial charge in [-0.2, -0.15) is 0 Å². The maximum absolute atomic E-state index is 10.7. The van der Waals surface area contributed by atoms with Crippen molar-refractivity contribution in [2.75, 3.05) is 13.1 Å². The fourth-order valence-corrected chi connectivity index (χ4v) is 3.99. The van der Waals surface area contributed by atoms with Gasteiger partial charge in [-0.15, -0.1) is 5.10 Å². The Hall–Kier alpha value is -2.62. The highest BCUT2D eigenvalue weighted by Gasteiger charge is 2.22. The molecular weight excluding hydrogens is 388 g/mol. The Morgan fingerprint density at radius 3 is 2.66 bits per heavy atom. The van der Waals surface area contributed by atoms with E-state index in [1.807, 2.05) is 48.7 Å². The van der Waals surface area contributed by atoms with Gasteiger partial charge in [0.05, 0.1) is 17.6 Å². The normalized spacial score (nSPS) is 15.8. The SMILES string of the molecule is O=[SH](=O)NCc1ccnc(C2CCN(Cc3cn(-c4ccccc4)nn3)CC2)c1. The van der Waals surface area contributed by atoms with Crippen molar-refractivity contribution in [3.63, 3.8) is 0 Å². The summed E-state index contributed by atoms with van der Waals surface area (Å²) in [4.78, 5) is 6.91. The fraction of sp³-hybridized carbons (Fsp3) is 0.350. The molecule has 4 rings (SSSR count). The van der Waals surface area contributed by atoms with Crippen molar-refractivity contribution in [2.24, 2.45) is 0 Å². The number of hydrogen-bond acceptors (Lipinski definition) is 6. The number of thiol groups is 1. The molecule has 2 aromatic heterocycles. The zero-order valence-corrected chi connectivity index (χ0v) is 16.9. The Morgan fingerprint density at radius 2 is 1.90 bits per heavy atom. The molecule has 1 fully saturated rings. The molecule has 0 amide bonds. The summed E-state index contributed by atoms with van der Waals surface area (Å²) in [7, 11) is -2.58. The molecule has 8 nitrogen and oxygen atoms in total. The number of benzene rings is 1. The molecule has 0 aliphatic carbocycles. The molecule has 0 bridgehead atoms. The summed E-state index contributed by atoms with van der Waals surface area (Å²) < 4.78 is 25.7. The van der Waals surface area contributed by atoms with E-state index in [1.165, 1.54) is 0 Å². The number of nitrogens with one attached hydrogen (secondary N) is 1. The highest BCUT2D eigenvalue weighted by Crippen LogP contribution is 2.27. The van der Waals surface area contributed by atoms with Crippen LogP contribution in [-0.4, -0.2) is 46.4 Å². The van der Waals surface area contributed by atoms with E-state index in [0.29, 0.717) is 12.5 Å². The van der Waals surface area contributed by atoms with E-state index < -0.39 is 10.9 Å². The molecule has 0 saturated carbocycles. The second-order valence-electron chi connectivity index (χ2n) is 7.22. The van der Waals surface area contributed by atoms with Crippen LogP contribution >= 0.6 is 0 Å². The fourth-order valence-electron chi connectivity index (χ4n) is 3.68. The molecule has 3 aromatic rings. The average molecular weight is 413 g/mol. The van der Waals surface area contributed by atoms with Crippen molar-refractivity contribution in [2.45, 2.75) is 31.8 Å². The van der Waals surface area contributed by atoms with E-state index in [4.69, 9.17) is 0 Å². The second kappa shape index (κ2) is 9.25. The van der Waals surface area contributed by atoms with Gasteiger partial charge in [0.2, 0.25) is 10.9 Å². The highest BCUT2D eigenvalue weighted by molar-refractivity contribution is 7.70. The summed E-state index contributed by atoms with van der Waals surface area (Å²) in [6, 6.07) is 13.8. The van der Waals surface area contributed by atoms with Gasteiger partial charge >= 0.3 is 0 Å². The standard InChI is InChI=1S/C20H24N6O2S/c27-29(28)22-13-16-6-9-21-20(12-16)17-7-10-25(11-8-17)14-18-15-26(24-23-18)19-4-2-1-3-5-19/h1-6,9,12,15,17,29H,7-8,10-11,13-14H2,(H,22,27,28). The van der Waals surface area contributed by atoms with Gasteiger partial charge in [0.1, 0.15) is 0 Å². The number of aromatic nitrogens is 4. The third-order valence-corrected chi connectivity index (χ3v) is 5.63. The van der Waals surface area contributed by atoms with E-state index in [1.54, 1.807) is 10.9 Å². The number of piperidine rings is 1. The second-order valence-corrected chi connectivity index (χ2v) is 8.05. The number of likely N-dealkylation sites (tertiary alicyclic amines) is 1. The van der Waals surface area contributed by atoms with Gasteiger partial charge in [0.25, 0.3) is 0 Å². The minimum Gasteiger partial charge on any atom is -0.297 e. The first kappa shape index (κ1) is 19.7. The summed E-state index contributed by atoms with van der Waals surface area (Å²) in [6.45, 7) is 3.04. The van der Waals surface area contributed by atoms with Crippen LogP contribution in [0, 0.1) is 0 Å². The van der Waals surface area contributed by atoms with Gasteiger partial charge < -0.3 is 0 Å². The van der Waals surface area contributed by atoms with E-state index in [-0.39, 0.29) is 0 Å². The molecule has 1 N–H and O–H groups in total. The van der Waals surface area contributed by atoms with Gasteiger partial charge in [0, 0.05) is 30.9 Å². The Balaban J connectivity index is 1.32. The van der Waals surface area contributed by atoms with Gasteiger partial charge in [-0.3, -0.25) is 9.88 Å². The lowest BCUT2D eigenvalue weighted by Crippen LogP contribution is -2.32. The van der Waals surface area contributed by atoms with Crippen LogP contribution in [0.15, 0.2) is 54.9 Å². The lowest BCUT2D eigenvalue weighted by Gasteiger charge is -2.31. The maximum atomic E-state index is 10.7. The van der Waals surface area contributed by atoms with Crippen LogP contribution in [0.2, 0.25) is 0 Å². The third-order valence-electron chi connectivity index (χ3n) is 5.21. The van der Waals surface area contributed by atoms with Crippen molar-refractivity contribution in [3.05, 3.63) is 71.8 Å². The van der Waals surface area contributed by atoms with E-state index in [9.17, 15) is 8.42 Å². The van der Waals surface area contributed by atoms with Crippen molar-refractivity contribution in [1.82, 2.24) is 29.6 Å². The van der Waals surface area contributed by atoms with Crippen LogP contribution in [-0.2, 0) is 24.0 Å². The minimum atomic E-state index is -2.58. The Morgan fingerprint density at radius 1 is 1.10 bits per heavy atom. The van der Waals surface area contributed by atoms with Crippen LogP contribution in [0.1, 0.15) is 35.7 Å². The number of rotatable bonds is 7. The van der Waals surface area contributed by atoms with Gasteiger partial charge in [-0.1, -0.05) is 23.4 Å². The van der Waals surface area contributed by atoms with Crippen molar-refractivity contribution >= 4 is 10.9 Å². The molecule has 0 unspecified atom stereocenters. The molecule has 152 valence electrons. The van der Waals surface area contributed by atoms with Crippen molar-refractivity contribution < 1.29 is 8.42 Å². The molecule has 0 radical (unpaired) electrons. The van der Waals surface area contributed by atoms with Gasteiger partial charge in [0.15, 0.2) is 0 Å². The number of pyridine rings is 1. The summed E-state index contributed by atoms with van der Waals surface area (Å²) in [5, 5.41) is 8.55. The van der Waals surface area contributed by atoms with E-state index in [2.05, 4.69) is 24.9 Å². The quantitative estimate of drug-likeness (QED) is 0.574. The maximum Gasteiger partial charge on any atom is 0.201 e. The predicted molar refractivity (Wildman–Crippen MR) is 110 cm³/mol. The Kier molecular flexibility index (Phi) is 6.28. The average Bonchev–Trinajstić information content (AvgIpc) is 3.22. The highest BCUT2D eigenvalue weighted by atomic mass is 32.2. The van der Waals surface area contributed by atoms with Crippen LogP contribution in [0.4, 0.5) is 0 Å². The predicted octanol–water partition coefficient (Wildman–Crippen LogP) is 1.66. The third kappa shape index (κ3) is 5.26.